The van der Waals surface area contributed by atoms with Crippen molar-refractivity contribution in [3.63, 3.8) is 0 Å². The number of para-hydroxylation sites is 2. The molecule has 124 valence electrons. The molecule has 3 aromatic carbocycles. The summed E-state index contributed by atoms with van der Waals surface area (Å²) in [5, 5.41) is 0.774. The van der Waals surface area contributed by atoms with Gasteiger partial charge < -0.3 is 0 Å². The van der Waals surface area contributed by atoms with Gasteiger partial charge in [0.1, 0.15) is 13.1 Å². The molecule has 0 fully saturated rings. The predicted octanol–water partition coefficient (Wildman–Crippen LogP) is 4.99. The topological polar surface area (TPSA) is 8.81 Å². The molecular weight excluding hydrogens is 328 g/mol. The first-order valence-corrected chi connectivity index (χ1v) is 8.84. The number of hydrogen-bond donors (Lipinski definition) is 0. The smallest absolute Gasteiger partial charge is 0.226 e. The van der Waals surface area contributed by atoms with Crippen LogP contribution in [-0.2, 0) is 13.1 Å². The maximum absolute atomic E-state index is 6.01. The Labute approximate surface area is 152 Å². The van der Waals surface area contributed by atoms with Gasteiger partial charge in [0.05, 0.1) is 0 Å². The maximum Gasteiger partial charge on any atom is 0.245 e. The molecule has 0 aliphatic heterocycles. The molecule has 0 radical (unpaired) electrons. The molecule has 0 aliphatic carbocycles. The highest BCUT2D eigenvalue weighted by Gasteiger charge is 2.15. The van der Waals surface area contributed by atoms with Crippen LogP contribution in [0, 0.1) is 6.92 Å². The number of aromatic nitrogens is 2. The third-order valence-corrected chi connectivity index (χ3v) is 4.73. The van der Waals surface area contributed by atoms with Crippen molar-refractivity contribution < 1.29 is 4.57 Å². The van der Waals surface area contributed by atoms with Gasteiger partial charge in [-0.1, -0.05) is 65.7 Å². The summed E-state index contributed by atoms with van der Waals surface area (Å²) in [4.78, 5) is 0. The van der Waals surface area contributed by atoms with Crippen LogP contribution in [-0.4, -0.2) is 4.57 Å². The summed E-state index contributed by atoms with van der Waals surface area (Å²) in [6.07, 6.45) is 2.21. The predicted molar refractivity (Wildman–Crippen MR) is 103 cm³/mol. The Morgan fingerprint density at radius 2 is 1.68 bits per heavy atom. The average Bonchev–Trinajstić information content (AvgIpc) is 2.95. The summed E-state index contributed by atoms with van der Waals surface area (Å²) in [6.45, 7) is 3.84. The molecule has 3 heteroatoms. The molecule has 0 aliphatic rings. The third-order valence-electron chi connectivity index (χ3n) is 4.48. The quantitative estimate of drug-likeness (QED) is 0.460. The van der Waals surface area contributed by atoms with E-state index in [0.29, 0.717) is 0 Å². The number of hydrogen-bond acceptors (Lipinski definition) is 0. The van der Waals surface area contributed by atoms with Crippen LogP contribution in [0.15, 0.2) is 79.1 Å². The first-order chi connectivity index (χ1) is 12.2. The van der Waals surface area contributed by atoms with Crippen molar-refractivity contribution in [3.8, 4) is 0 Å². The van der Waals surface area contributed by atoms with Gasteiger partial charge >= 0.3 is 0 Å². The Bertz CT molecular complexity index is 1020. The number of imidazole rings is 1. The molecule has 25 heavy (non-hydrogen) atoms. The van der Waals surface area contributed by atoms with Gasteiger partial charge in [-0.25, -0.2) is 9.13 Å². The molecule has 0 spiro atoms. The molecule has 4 aromatic rings. The van der Waals surface area contributed by atoms with Crippen molar-refractivity contribution >= 4 is 22.6 Å². The average molecular weight is 348 g/mol. The summed E-state index contributed by atoms with van der Waals surface area (Å²) in [5.74, 6) is 0. The molecule has 0 amide bonds. The Balaban J connectivity index is 1.72. The van der Waals surface area contributed by atoms with Crippen LogP contribution < -0.4 is 4.57 Å². The van der Waals surface area contributed by atoms with E-state index in [-0.39, 0.29) is 0 Å². The highest BCUT2D eigenvalue weighted by molar-refractivity contribution is 6.30. The standard InChI is InChI=1S/C22H20ClN2/c1-17-5-4-6-19(13-17)15-25-16-24(21-7-2-3-8-22(21)25)14-18-9-11-20(23)12-10-18/h2-13,16H,14-15H2,1H3/q+1. The molecule has 1 aromatic heterocycles. The molecular formula is C22H20ClN2+. The number of aryl methyl sites for hydroxylation is 1. The second kappa shape index (κ2) is 6.73. The lowest BCUT2D eigenvalue weighted by molar-refractivity contribution is -0.663. The number of nitrogens with zero attached hydrogens (tertiary/aromatic N) is 2. The van der Waals surface area contributed by atoms with E-state index in [1.807, 2.05) is 12.1 Å². The minimum atomic E-state index is 0.774. The van der Waals surface area contributed by atoms with Crippen LogP contribution in [0.3, 0.4) is 0 Å². The van der Waals surface area contributed by atoms with Gasteiger partial charge in [-0.05, 0) is 42.3 Å². The van der Waals surface area contributed by atoms with Gasteiger partial charge in [0, 0.05) is 5.02 Å². The van der Waals surface area contributed by atoms with E-state index in [0.717, 1.165) is 18.1 Å². The molecule has 2 nitrogen and oxygen atoms in total. The molecule has 0 bridgehead atoms. The largest absolute Gasteiger partial charge is 0.245 e. The van der Waals surface area contributed by atoms with E-state index in [2.05, 4.69) is 83.0 Å². The lowest BCUT2D eigenvalue weighted by atomic mass is 10.1. The fourth-order valence-corrected chi connectivity index (χ4v) is 3.41. The molecule has 0 unspecified atom stereocenters. The number of fused-ring (bicyclic) bond motifs is 1. The van der Waals surface area contributed by atoms with Crippen molar-refractivity contribution in [2.45, 2.75) is 20.0 Å². The van der Waals surface area contributed by atoms with Crippen molar-refractivity contribution in [1.82, 2.24) is 4.57 Å². The van der Waals surface area contributed by atoms with E-state index >= 15 is 0 Å². The van der Waals surface area contributed by atoms with Crippen molar-refractivity contribution in [2.75, 3.05) is 0 Å². The fourth-order valence-electron chi connectivity index (χ4n) is 3.29. The van der Waals surface area contributed by atoms with E-state index in [1.54, 1.807) is 0 Å². The normalized spacial score (nSPS) is 11.1. The minimum Gasteiger partial charge on any atom is -0.226 e. The lowest BCUT2D eigenvalue weighted by Gasteiger charge is -2.00. The van der Waals surface area contributed by atoms with Crippen LogP contribution in [0.4, 0.5) is 0 Å². The zero-order chi connectivity index (χ0) is 17.2. The highest BCUT2D eigenvalue weighted by atomic mass is 35.5. The van der Waals surface area contributed by atoms with E-state index < -0.39 is 0 Å². The van der Waals surface area contributed by atoms with Crippen molar-refractivity contribution in [1.29, 1.82) is 0 Å². The van der Waals surface area contributed by atoms with Crippen LogP contribution in [0.5, 0.6) is 0 Å². The summed E-state index contributed by atoms with van der Waals surface area (Å²) in [6, 6.07) is 25.3. The van der Waals surface area contributed by atoms with Crippen LogP contribution >= 0.6 is 11.6 Å². The highest BCUT2D eigenvalue weighted by Crippen LogP contribution is 2.16. The number of rotatable bonds is 4. The van der Waals surface area contributed by atoms with Crippen molar-refractivity contribution in [3.05, 3.63) is 101 Å². The summed E-state index contributed by atoms with van der Waals surface area (Å²) in [7, 11) is 0. The minimum absolute atomic E-state index is 0.774. The number of benzene rings is 3. The zero-order valence-electron chi connectivity index (χ0n) is 14.2. The zero-order valence-corrected chi connectivity index (χ0v) is 14.9. The lowest BCUT2D eigenvalue weighted by Crippen LogP contribution is -2.32. The molecule has 1 heterocycles. The van der Waals surface area contributed by atoms with Gasteiger partial charge in [0.2, 0.25) is 6.33 Å². The first kappa shape index (κ1) is 15.9. The van der Waals surface area contributed by atoms with Crippen molar-refractivity contribution in [2.24, 2.45) is 0 Å². The molecule has 0 saturated carbocycles. The molecule has 0 atom stereocenters. The molecule has 0 N–H and O–H groups in total. The Kier molecular flexibility index (Phi) is 4.29. The Morgan fingerprint density at radius 3 is 2.48 bits per heavy atom. The van der Waals surface area contributed by atoms with Crippen LogP contribution in [0.25, 0.3) is 11.0 Å². The van der Waals surface area contributed by atoms with Gasteiger partial charge in [0.15, 0.2) is 11.0 Å². The summed E-state index contributed by atoms with van der Waals surface area (Å²) in [5.41, 5.74) is 6.35. The number of halogens is 1. The monoisotopic (exact) mass is 347 g/mol. The first-order valence-electron chi connectivity index (χ1n) is 8.46. The SMILES string of the molecule is Cc1cccc(C[n+]2cn(Cc3ccc(Cl)cc3)c3ccccc32)c1. The van der Waals surface area contributed by atoms with Gasteiger partial charge in [-0.2, -0.15) is 0 Å². The molecule has 4 rings (SSSR count). The second-order valence-corrected chi connectivity index (χ2v) is 6.91. The Hall–Kier alpha value is -2.58. The summed E-state index contributed by atoms with van der Waals surface area (Å²) < 4.78 is 4.62. The van der Waals surface area contributed by atoms with E-state index in [4.69, 9.17) is 11.6 Å². The van der Waals surface area contributed by atoms with E-state index in [1.165, 1.54) is 27.7 Å². The second-order valence-electron chi connectivity index (χ2n) is 6.48. The molecule has 0 saturated heterocycles. The van der Waals surface area contributed by atoms with Crippen LogP contribution in [0.2, 0.25) is 5.02 Å². The van der Waals surface area contributed by atoms with Gasteiger partial charge in [0.25, 0.3) is 0 Å². The van der Waals surface area contributed by atoms with E-state index in [9.17, 15) is 0 Å². The maximum atomic E-state index is 6.01. The van der Waals surface area contributed by atoms with Crippen LogP contribution in [0.1, 0.15) is 16.7 Å². The summed E-state index contributed by atoms with van der Waals surface area (Å²) >= 11 is 6.01. The van der Waals surface area contributed by atoms with Gasteiger partial charge in [-0.15, -0.1) is 0 Å². The third kappa shape index (κ3) is 3.45. The van der Waals surface area contributed by atoms with Gasteiger partial charge in [-0.3, -0.25) is 0 Å². The Morgan fingerprint density at radius 1 is 0.880 bits per heavy atom. The fraction of sp³-hybridized carbons (Fsp3) is 0.136.